The van der Waals surface area contributed by atoms with Gasteiger partial charge in [-0.1, -0.05) is 20.8 Å². The van der Waals surface area contributed by atoms with Crippen LogP contribution in [0, 0.1) is 0 Å². The molecule has 5 nitrogen and oxygen atoms in total. The molecule has 0 radical (unpaired) electrons. The van der Waals surface area contributed by atoms with E-state index in [1.54, 1.807) is 6.92 Å². The maximum atomic E-state index is 11.5. The fourth-order valence-electron chi connectivity index (χ4n) is 1.29. The monoisotopic (exact) mass is 210 g/mol. The fourth-order valence-corrected chi connectivity index (χ4v) is 1.29. The van der Waals surface area contributed by atoms with Gasteiger partial charge >= 0.3 is 5.97 Å². The molecule has 1 rings (SSSR count). The van der Waals surface area contributed by atoms with Crippen molar-refractivity contribution in [2.75, 3.05) is 0 Å². The summed E-state index contributed by atoms with van der Waals surface area (Å²) in [6.45, 7) is 5.42. The Morgan fingerprint density at radius 3 is 2.53 bits per heavy atom. The van der Waals surface area contributed by atoms with Crippen LogP contribution in [0.5, 0.6) is 0 Å². The zero-order chi connectivity index (χ0) is 11.6. The molecule has 5 heteroatoms. The normalized spacial score (nSPS) is 10.7. The molecule has 0 fully saturated rings. The highest BCUT2D eigenvalue weighted by molar-refractivity contribution is 5.86. The zero-order valence-electron chi connectivity index (χ0n) is 9.00. The lowest BCUT2D eigenvalue weighted by Gasteiger charge is -2.07. The first-order chi connectivity index (χ1) is 6.97. The molecule has 0 aliphatic rings. The SMILES string of the molecule is CCc1c(C(=O)O)nc(C(C)C)[nH]c1=O. The molecule has 0 bridgehead atoms. The number of hydrogen-bond donors (Lipinski definition) is 2. The van der Waals surface area contributed by atoms with E-state index in [-0.39, 0.29) is 22.7 Å². The lowest BCUT2D eigenvalue weighted by molar-refractivity contribution is 0.0688. The van der Waals surface area contributed by atoms with Crippen LogP contribution >= 0.6 is 0 Å². The third kappa shape index (κ3) is 2.23. The van der Waals surface area contributed by atoms with Gasteiger partial charge in [0, 0.05) is 5.92 Å². The van der Waals surface area contributed by atoms with Gasteiger partial charge in [0.1, 0.15) is 5.82 Å². The predicted octanol–water partition coefficient (Wildman–Crippen LogP) is 1.15. The summed E-state index contributed by atoms with van der Waals surface area (Å²) >= 11 is 0. The standard InChI is InChI=1S/C10H14N2O3/c1-4-6-7(10(14)15)11-8(5(2)3)12-9(6)13/h5H,4H2,1-3H3,(H,14,15)(H,11,12,13). The van der Waals surface area contributed by atoms with Crippen LogP contribution in [-0.4, -0.2) is 21.0 Å². The van der Waals surface area contributed by atoms with Crippen LogP contribution in [-0.2, 0) is 6.42 Å². The first kappa shape index (κ1) is 11.4. The van der Waals surface area contributed by atoms with E-state index in [4.69, 9.17) is 5.11 Å². The molecule has 2 N–H and O–H groups in total. The molecule has 0 spiro atoms. The Morgan fingerprint density at radius 1 is 1.53 bits per heavy atom. The Hall–Kier alpha value is -1.65. The lowest BCUT2D eigenvalue weighted by Crippen LogP contribution is -2.22. The van der Waals surface area contributed by atoms with Gasteiger partial charge in [-0.25, -0.2) is 9.78 Å². The van der Waals surface area contributed by atoms with Crippen LogP contribution in [0.4, 0.5) is 0 Å². The first-order valence-electron chi connectivity index (χ1n) is 4.83. The molecule has 0 amide bonds. The van der Waals surface area contributed by atoms with E-state index in [1.807, 2.05) is 13.8 Å². The fraction of sp³-hybridized carbons (Fsp3) is 0.500. The number of nitrogens with zero attached hydrogens (tertiary/aromatic N) is 1. The van der Waals surface area contributed by atoms with Crippen molar-refractivity contribution >= 4 is 5.97 Å². The summed E-state index contributed by atoms with van der Waals surface area (Å²) in [5.41, 5.74) is -0.259. The number of rotatable bonds is 3. The molecule has 0 saturated heterocycles. The maximum Gasteiger partial charge on any atom is 0.355 e. The predicted molar refractivity (Wildman–Crippen MR) is 55.3 cm³/mol. The smallest absolute Gasteiger partial charge is 0.355 e. The second-order valence-corrected chi connectivity index (χ2v) is 3.59. The van der Waals surface area contributed by atoms with E-state index < -0.39 is 5.97 Å². The molecule has 0 aliphatic carbocycles. The average Bonchev–Trinajstić information content (AvgIpc) is 2.16. The van der Waals surface area contributed by atoms with Gasteiger partial charge in [-0.2, -0.15) is 0 Å². The highest BCUT2D eigenvalue weighted by Crippen LogP contribution is 2.09. The topological polar surface area (TPSA) is 83.0 Å². The number of aromatic nitrogens is 2. The molecule has 1 heterocycles. The summed E-state index contributed by atoms with van der Waals surface area (Å²) in [4.78, 5) is 29.0. The Bertz CT molecular complexity index is 435. The summed E-state index contributed by atoms with van der Waals surface area (Å²) in [7, 11) is 0. The second kappa shape index (κ2) is 4.25. The number of hydrogen-bond acceptors (Lipinski definition) is 3. The molecule has 0 aromatic carbocycles. The van der Waals surface area contributed by atoms with Crippen molar-refractivity contribution in [2.24, 2.45) is 0 Å². The summed E-state index contributed by atoms with van der Waals surface area (Å²) in [6, 6.07) is 0. The van der Waals surface area contributed by atoms with Crippen molar-refractivity contribution in [3.63, 3.8) is 0 Å². The van der Waals surface area contributed by atoms with E-state index in [0.29, 0.717) is 12.2 Å². The third-order valence-corrected chi connectivity index (χ3v) is 2.14. The van der Waals surface area contributed by atoms with Crippen LogP contribution in [0.3, 0.4) is 0 Å². The van der Waals surface area contributed by atoms with E-state index in [9.17, 15) is 9.59 Å². The first-order valence-corrected chi connectivity index (χ1v) is 4.83. The van der Waals surface area contributed by atoms with E-state index >= 15 is 0 Å². The molecule has 0 unspecified atom stereocenters. The van der Waals surface area contributed by atoms with E-state index in [0.717, 1.165) is 0 Å². The molecule has 1 aromatic heterocycles. The summed E-state index contributed by atoms with van der Waals surface area (Å²) in [5, 5.41) is 8.91. The Morgan fingerprint density at radius 2 is 2.13 bits per heavy atom. The minimum atomic E-state index is -1.15. The molecule has 15 heavy (non-hydrogen) atoms. The minimum Gasteiger partial charge on any atom is -0.476 e. The summed E-state index contributed by atoms with van der Waals surface area (Å²) < 4.78 is 0. The van der Waals surface area contributed by atoms with Gasteiger partial charge in [0.15, 0.2) is 5.69 Å². The molecule has 82 valence electrons. The summed E-state index contributed by atoms with van der Waals surface area (Å²) in [6.07, 6.45) is 0.363. The molecular formula is C10H14N2O3. The van der Waals surface area contributed by atoms with Crippen LogP contribution in [0.15, 0.2) is 4.79 Å². The third-order valence-electron chi connectivity index (χ3n) is 2.14. The quantitative estimate of drug-likeness (QED) is 0.784. The molecule has 1 aromatic rings. The largest absolute Gasteiger partial charge is 0.476 e. The van der Waals surface area contributed by atoms with Crippen molar-refractivity contribution in [3.05, 3.63) is 27.4 Å². The second-order valence-electron chi connectivity index (χ2n) is 3.59. The Labute approximate surface area is 87.2 Å². The van der Waals surface area contributed by atoms with Crippen LogP contribution in [0.25, 0.3) is 0 Å². The maximum absolute atomic E-state index is 11.5. The van der Waals surface area contributed by atoms with Gasteiger partial charge in [0.05, 0.1) is 5.56 Å². The Balaban J connectivity index is 3.46. The van der Waals surface area contributed by atoms with Gasteiger partial charge < -0.3 is 10.1 Å². The number of aromatic carboxylic acids is 1. The van der Waals surface area contributed by atoms with Gasteiger partial charge in [-0.3, -0.25) is 4.79 Å². The number of nitrogens with one attached hydrogen (secondary N) is 1. The van der Waals surface area contributed by atoms with Crippen molar-refractivity contribution in [3.8, 4) is 0 Å². The van der Waals surface area contributed by atoms with Crippen LogP contribution in [0.1, 0.15) is 48.6 Å². The number of H-pyrrole nitrogens is 1. The number of carboxylic acids is 1. The van der Waals surface area contributed by atoms with Crippen molar-refractivity contribution in [2.45, 2.75) is 33.1 Å². The van der Waals surface area contributed by atoms with E-state index in [1.165, 1.54) is 0 Å². The van der Waals surface area contributed by atoms with Gasteiger partial charge in [-0.05, 0) is 6.42 Å². The molecule has 0 aliphatic heterocycles. The number of carboxylic acid groups (broad SMARTS) is 1. The summed E-state index contributed by atoms with van der Waals surface area (Å²) in [5.74, 6) is -0.740. The number of aromatic amines is 1. The van der Waals surface area contributed by atoms with Crippen molar-refractivity contribution < 1.29 is 9.90 Å². The minimum absolute atomic E-state index is 0.00158. The number of carbonyl (C=O) groups is 1. The van der Waals surface area contributed by atoms with Crippen LogP contribution in [0.2, 0.25) is 0 Å². The van der Waals surface area contributed by atoms with Gasteiger partial charge in [0.2, 0.25) is 0 Å². The van der Waals surface area contributed by atoms with Crippen molar-refractivity contribution in [1.82, 2.24) is 9.97 Å². The highest BCUT2D eigenvalue weighted by atomic mass is 16.4. The highest BCUT2D eigenvalue weighted by Gasteiger charge is 2.16. The van der Waals surface area contributed by atoms with Crippen molar-refractivity contribution in [1.29, 1.82) is 0 Å². The molecular weight excluding hydrogens is 196 g/mol. The Kier molecular flexibility index (Phi) is 3.24. The zero-order valence-corrected chi connectivity index (χ0v) is 9.00. The average molecular weight is 210 g/mol. The lowest BCUT2D eigenvalue weighted by atomic mass is 10.1. The van der Waals surface area contributed by atoms with Gasteiger partial charge in [0.25, 0.3) is 5.56 Å². The molecule has 0 saturated carbocycles. The van der Waals surface area contributed by atoms with E-state index in [2.05, 4.69) is 9.97 Å². The molecule has 0 atom stereocenters. The van der Waals surface area contributed by atoms with Gasteiger partial charge in [-0.15, -0.1) is 0 Å². The van der Waals surface area contributed by atoms with Crippen LogP contribution < -0.4 is 5.56 Å².